The molecule has 5 nitrogen and oxygen atoms in total. The fraction of sp³-hybridized carbons (Fsp3) is 0.389. The number of nitrogens with zero attached hydrogens (tertiary/aromatic N) is 2. The number of hydrogen-bond donors (Lipinski definition) is 0. The van der Waals surface area contributed by atoms with Crippen LogP contribution in [0.5, 0.6) is 0 Å². The molecule has 0 radical (unpaired) electrons. The molecule has 26 heavy (non-hydrogen) atoms. The van der Waals surface area contributed by atoms with Crippen molar-refractivity contribution in [2.24, 2.45) is 0 Å². The summed E-state index contributed by atoms with van der Waals surface area (Å²) in [5.41, 5.74) is 0.595. The number of thioether (sulfide) groups is 1. The monoisotopic (exact) mass is 412 g/mol. The molecule has 8 heteroatoms. The second-order valence-corrected chi connectivity index (χ2v) is 8.20. The van der Waals surface area contributed by atoms with Crippen molar-refractivity contribution in [1.82, 2.24) is 9.80 Å². The van der Waals surface area contributed by atoms with Crippen LogP contribution in [0.4, 0.5) is 4.79 Å². The summed E-state index contributed by atoms with van der Waals surface area (Å²) in [6, 6.07) is 5.05. The summed E-state index contributed by atoms with van der Waals surface area (Å²) in [5.74, 6) is -0.658. The Hall–Kier alpha value is -1.50. The van der Waals surface area contributed by atoms with Crippen molar-refractivity contribution in [1.29, 1.82) is 0 Å². The Kier molecular flexibility index (Phi) is 5.95. The molecule has 2 aliphatic heterocycles. The maximum Gasteiger partial charge on any atom is 0.294 e. The lowest BCUT2D eigenvalue weighted by Crippen LogP contribution is -2.47. The zero-order chi connectivity index (χ0) is 18.8. The van der Waals surface area contributed by atoms with Crippen LogP contribution >= 0.6 is 35.0 Å². The SMILES string of the molecule is C[C@@H]1CCCCN1C(=O)CN1C(=O)S/C(=C\c2ccc(Cl)cc2Cl)C1=O. The number of rotatable bonds is 3. The van der Waals surface area contributed by atoms with Crippen molar-refractivity contribution >= 4 is 58.1 Å². The van der Waals surface area contributed by atoms with Crippen LogP contribution in [0.1, 0.15) is 31.7 Å². The number of hydrogen-bond acceptors (Lipinski definition) is 4. The molecule has 2 aliphatic rings. The highest BCUT2D eigenvalue weighted by molar-refractivity contribution is 8.18. The van der Waals surface area contributed by atoms with Crippen molar-refractivity contribution in [3.63, 3.8) is 0 Å². The maximum atomic E-state index is 12.6. The number of imide groups is 1. The van der Waals surface area contributed by atoms with Gasteiger partial charge in [0.2, 0.25) is 5.91 Å². The van der Waals surface area contributed by atoms with E-state index in [1.807, 2.05) is 6.92 Å². The third-order valence-electron chi connectivity index (χ3n) is 4.54. The van der Waals surface area contributed by atoms with E-state index >= 15 is 0 Å². The molecule has 0 spiro atoms. The predicted molar refractivity (Wildman–Crippen MR) is 104 cm³/mol. The highest BCUT2D eigenvalue weighted by Crippen LogP contribution is 2.34. The third-order valence-corrected chi connectivity index (χ3v) is 6.01. The molecule has 0 bridgehead atoms. The number of likely N-dealkylation sites (tertiary alicyclic amines) is 1. The minimum atomic E-state index is -0.468. The molecule has 0 aliphatic carbocycles. The van der Waals surface area contributed by atoms with Gasteiger partial charge in [-0.3, -0.25) is 19.3 Å². The Morgan fingerprint density at radius 3 is 2.77 bits per heavy atom. The van der Waals surface area contributed by atoms with Gasteiger partial charge in [-0.25, -0.2) is 0 Å². The zero-order valence-corrected chi connectivity index (χ0v) is 16.5. The number of halogens is 2. The summed E-state index contributed by atoms with van der Waals surface area (Å²) in [5, 5.41) is 0.438. The van der Waals surface area contributed by atoms with E-state index in [0.717, 1.165) is 35.9 Å². The minimum Gasteiger partial charge on any atom is -0.338 e. The van der Waals surface area contributed by atoms with Crippen LogP contribution in [0.25, 0.3) is 6.08 Å². The van der Waals surface area contributed by atoms with Crippen LogP contribution < -0.4 is 0 Å². The van der Waals surface area contributed by atoms with Gasteiger partial charge in [0.1, 0.15) is 6.54 Å². The minimum absolute atomic E-state index is 0.139. The molecule has 2 saturated heterocycles. The van der Waals surface area contributed by atoms with Gasteiger partial charge in [0.15, 0.2) is 0 Å². The number of carbonyl (C=O) groups excluding carboxylic acids is 3. The summed E-state index contributed by atoms with van der Waals surface area (Å²) >= 11 is 12.8. The van der Waals surface area contributed by atoms with Gasteiger partial charge in [0, 0.05) is 22.6 Å². The highest BCUT2D eigenvalue weighted by Gasteiger charge is 2.38. The second-order valence-electron chi connectivity index (χ2n) is 6.37. The Morgan fingerprint density at radius 2 is 2.08 bits per heavy atom. The lowest BCUT2D eigenvalue weighted by atomic mass is 10.0. The Balaban J connectivity index is 1.74. The van der Waals surface area contributed by atoms with Crippen molar-refractivity contribution in [2.45, 2.75) is 32.2 Å². The summed E-state index contributed by atoms with van der Waals surface area (Å²) in [4.78, 5) is 40.3. The molecule has 3 amide bonds. The number of benzene rings is 1. The molecule has 2 fully saturated rings. The van der Waals surface area contributed by atoms with E-state index in [1.54, 1.807) is 29.2 Å². The normalized spacial score (nSPS) is 22.4. The molecule has 0 saturated carbocycles. The third kappa shape index (κ3) is 4.08. The van der Waals surface area contributed by atoms with Crippen LogP contribution in [-0.4, -0.2) is 46.0 Å². The summed E-state index contributed by atoms with van der Waals surface area (Å²) < 4.78 is 0. The molecule has 0 N–H and O–H groups in total. The van der Waals surface area contributed by atoms with Crippen LogP contribution in [0.2, 0.25) is 10.0 Å². The fourth-order valence-corrected chi connectivity index (χ4v) is 4.38. The van der Waals surface area contributed by atoms with Gasteiger partial charge in [0.25, 0.3) is 11.1 Å². The van der Waals surface area contributed by atoms with Gasteiger partial charge in [-0.1, -0.05) is 29.3 Å². The van der Waals surface area contributed by atoms with Crippen LogP contribution in [0.15, 0.2) is 23.1 Å². The fourth-order valence-electron chi connectivity index (χ4n) is 3.09. The molecule has 0 unspecified atom stereocenters. The highest BCUT2D eigenvalue weighted by atomic mass is 35.5. The number of amides is 3. The van der Waals surface area contributed by atoms with Gasteiger partial charge < -0.3 is 4.90 Å². The van der Waals surface area contributed by atoms with Gasteiger partial charge >= 0.3 is 0 Å². The Labute approximate surface area is 166 Å². The molecule has 3 rings (SSSR count). The van der Waals surface area contributed by atoms with E-state index in [4.69, 9.17) is 23.2 Å². The zero-order valence-electron chi connectivity index (χ0n) is 14.2. The topological polar surface area (TPSA) is 57.7 Å². The van der Waals surface area contributed by atoms with Crippen LogP contribution in [0.3, 0.4) is 0 Å². The molecule has 0 aromatic heterocycles. The van der Waals surface area contributed by atoms with Gasteiger partial charge in [-0.15, -0.1) is 0 Å². The van der Waals surface area contributed by atoms with Gasteiger partial charge in [-0.2, -0.15) is 0 Å². The van der Waals surface area contributed by atoms with Crippen molar-refractivity contribution in [3.8, 4) is 0 Å². The Bertz CT molecular complexity index is 797. The first kappa shape index (κ1) is 19.3. The Morgan fingerprint density at radius 1 is 1.31 bits per heavy atom. The molecule has 138 valence electrons. The van der Waals surface area contributed by atoms with Crippen LogP contribution in [-0.2, 0) is 9.59 Å². The average molecular weight is 413 g/mol. The molecule has 1 aromatic carbocycles. The molecule has 1 atom stereocenters. The van der Waals surface area contributed by atoms with Crippen molar-refractivity contribution in [3.05, 3.63) is 38.7 Å². The first-order chi connectivity index (χ1) is 12.4. The van der Waals surface area contributed by atoms with Gasteiger partial charge in [-0.05, 0) is 61.7 Å². The van der Waals surface area contributed by atoms with Crippen LogP contribution in [0, 0.1) is 0 Å². The maximum absolute atomic E-state index is 12.6. The standard InChI is InChI=1S/C18H18Cl2N2O3S/c1-11-4-2-3-7-21(11)16(23)10-22-17(24)15(26-18(22)25)8-12-5-6-13(19)9-14(12)20/h5-6,8-9,11H,2-4,7,10H2,1H3/b15-8-/t11-/m1/s1. The molecular weight excluding hydrogens is 395 g/mol. The number of piperidine rings is 1. The largest absolute Gasteiger partial charge is 0.338 e. The van der Waals surface area contributed by atoms with E-state index in [-0.39, 0.29) is 23.4 Å². The predicted octanol–water partition coefficient (Wildman–Crippen LogP) is 4.43. The summed E-state index contributed by atoms with van der Waals surface area (Å²) in [7, 11) is 0. The molecule has 2 heterocycles. The summed E-state index contributed by atoms with van der Waals surface area (Å²) in [6.45, 7) is 2.44. The quantitative estimate of drug-likeness (QED) is 0.688. The average Bonchev–Trinajstić information content (AvgIpc) is 2.85. The smallest absolute Gasteiger partial charge is 0.294 e. The van der Waals surface area contributed by atoms with E-state index in [1.165, 1.54) is 0 Å². The number of carbonyl (C=O) groups is 3. The van der Waals surface area contributed by atoms with E-state index in [2.05, 4.69) is 0 Å². The second kappa shape index (κ2) is 8.03. The first-order valence-electron chi connectivity index (χ1n) is 8.36. The molecule has 1 aromatic rings. The lowest BCUT2D eigenvalue weighted by molar-refractivity contribution is -0.138. The van der Waals surface area contributed by atoms with Crippen molar-refractivity contribution < 1.29 is 14.4 Å². The molecular formula is C18H18Cl2N2O3S. The first-order valence-corrected chi connectivity index (χ1v) is 9.94. The van der Waals surface area contributed by atoms with Gasteiger partial charge in [0.05, 0.1) is 4.91 Å². The van der Waals surface area contributed by atoms with Crippen molar-refractivity contribution in [2.75, 3.05) is 13.1 Å². The van der Waals surface area contributed by atoms with E-state index in [0.29, 0.717) is 22.2 Å². The van der Waals surface area contributed by atoms with E-state index < -0.39 is 11.1 Å². The summed E-state index contributed by atoms with van der Waals surface area (Å²) in [6.07, 6.45) is 4.55. The lowest BCUT2D eigenvalue weighted by Gasteiger charge is -2.34. The van der Waals surface area contributed by atoms with E-state index in [9.17, 15) is 14.4 Å².